The Morgan fingerprint density at radius 1 is 1.54 bits per heavy atom. The summed E-state index contributed by atoms with van der Waals surface area (Å²) in [6.45, 7) is 1.92. The number of carbonyl (C=O) groups is 1. The highest BCUT2D eigenvalue weighted by atomic mass is 79.9. The van der Waals surface area contributed by atoms with Crippen LogP contribution in [0.25, 0.3) is 10.3 Å². The molecule has 13 heavy (non-hydrogen) atoms. The molecule has 2 aromatic heterocycles. The first-order valence-electron chi connectivity index (χ1n) is 3.59. The maximum atomic E-state index is 10.6. The normalized spacial score (nSPS) is 10.6. The number of aromatic nitrogens is 2. The van der Waals surface area contributed by atoms with Gasteiger partial charge in [0.25, 0.3) is 0 Å². The van der Waals surface area contributed by atoms with Gasteiger partial charge in [-0.15, -0.1) is 11.3 Å². The lowest BCUT2D eigenvalue weighted by Crippen LogP contribution is -1.88. The van der Waals surface area contributed by atoms with E-state index in [1.54, 1.807) is 11.3 Å². The number of hydrogen-bond donors (Lipinski definition) is 0. The second-order valence-electron chi connectivity index (χ2n) is 2.53. The van der Waals surface area contributed by atoms with E-state index in [4.69, 9.17) is 0 Å². The first kappa shape index (κ1) is 8.77. The number of aldehydes is 1. The lowest BCUT2D eigenvalue weighted by Gasteiger charge is -1.93. The van der Waals surface area contributed by atoms with Crippen LogP contribution in [-0.2, 0) is 0 Å². The Kier molecular flexibility index (Phi) is 2.13. The number of thiazole rings is 1. The number of carbonyl (C=O) groups excluding carboxylic acids is 1. The minimum absolute atomic E-state index is 0.401. The number of nitrogens with zero attached hydrogens (tertiary/aromatic N) is 2. The molecule has 0 unspecified atom stereocenters. The van der Waals surface area contributed by atoms with E-state index in [0.717, 1.165) is 20.5 Å². The Morgan fingerprint density at radius 2 is 2.31 bits per heavy atom. The number of fused-ring (bicyclic) bond motifs is 1. The maximum absolute atomic E-state index is 10.6. The summed E-state index contributed by atoms with van der Waals surface area (Å²) in [5.74, 6) is 0. The van der Waals surface area contributed by atoms with Crippen molar-refractivity contribution in [3.63, 3.8) is 0 Å². The van der Waals surface area contributed by atoms with Crippen LogP contribution in [-0.4, -0.2) is 16.3 Å². The molecule has 3 nitrogen and oxygen atoms in total. The SMILES string of the molecule is Cc1nc2nc(C=O)c(Br)cc2s1. The van der Waals surface area contributed by atoms with Crippen molar-refractivity contribution in [2.24, 2.45) is 0 Å². The van der Waals surface area contributed by atoms with Crippen LogP contribution in [0.4, 0.5) is 0 Å². The minimum atomic E-state index is 0.401. The van der Waals surface area contributed by atoms with Gasteiger partial charge in [-0.2, -0.15) is 0 Å². The van der Waals surface area contributed by atoms with Gasteiger partial charge in [-0.05, 0) is 28.9 Å². The van der Waals surface area contributed by atoms with Crippen LogP contribution in [0.2, 0.25) is 0 Å². The molecule has 0 fully saturated rings. The molecule has 0 aliphatic carbocycles. The summed E-state index contributed by atoms with van der Waals surface area (Å²) < 4.78 is 1.72. The van der Waals surface area contributed by atoms with E-state index in [1.165, 1.54) is 0 Å². The smallest absolute Gasteiger partial charge is 0.171 e. The molecule has 0 atom stereocenters. The fourth-order valence-electron chi connectivity index (χ4n) is 1.05. The largest absolute Gasteiger partial charge is 0.296 e. The summed E-state index contributed by atoms with van der Waals surface area (Å²) >= 11 is 4.84. The zero-order valence-electron chi connectivity index (χ0n) is 6.74. The van der Waals surface area contributed by atoms with Crippen LogP contribution in [0, 0.1) is 6.92 Å². The van der Waals surface area contributed by atoms with E-state index in [2.05, 4.69) is 25.9 Å². The van der Waals surface area contributed by atoms with Crippen molar-refractivity contribution in [1.29, 1.82) is 0 Å². The van der Waals surface area contributed by atoms with Crippen molar-refractivity contribution in [3.8, 4) is 0 Å². The summed E-state index contributed by atoms with van der Waals surface area (Å²) in [5.41, 5.74) is 1.05. The third kappa shape index (κ3) is 1.49. The lowest BCUT2D eigenvalue weighted by molar-refractivity contribution is 0.111. The predicted molar refractivity (Wildman–Crippen MR) is 55.2 cm³/mol. The van der Waals surface area contributed by atoms with Crippen molar-refractivity contribution in [3.05, 3.63) is 21.2 Å². The van der Waals surface area contributed by atoms with E-state index in [1.807, 2.05) is 13.0 Å². The Balaban J connectivity index is 2.79. The number of hydrogen-bond acceptors (Lipinski definition) is 4. The van der Waals surface area contributed by atoms with Crippen LogP contribution >= 0.6 is 27.3 Å². The van der Waals surface area contributed by atoms with Gasteiger partial charge in [-0.1, -0.05) is 0 Å². The fraction of sp³-hybridized carbons (Fsp3) is 0.125. The second-order valence-corrected chi connectivity index (χ2v) is 4.62. The Labute approximate surface area is 87.0 Å². The zero-order valence-corrected chi connectivity index (χ0v) is 9.15. The Morgan fingerprint density at radius 3 is 3.00 bits per heavy atom. The van der Waals surface area contributed by atoms with Crippen molar-refractivity contribution in [2.45, 2.75) is 6.92 Å². The van der Waals surface area contributed by atoms with Gasteiger partial charge in [0, 0.05) is 4.47 Å². The molecule has 0 saturated carbocycles. The molecule has 0 radical (unpaired) electrons. The lowest BCUT2D eigenvalue weighted by atomic mass is 10.4. The highest BCUT2D eigenvalue weighted by Gasteiger charge is 2.06. The molecule has 66 valence electrons. The molecule has 0 aromatic carbocycles. The highest BCUT2D eigenvalue weighted by molar-refractivity contribution is 9.10. The van der Waals surface area contributed by atoms with Crippen molar-refractivity contribution >= 4 is 43.9 Å². The van der Waals surface area contributed by atoms with Crippen LogP contribution in [0.15, 0.2) is 10.5 Å². The van der Waals surface area contributed by atoms with Gasteiger partial charge in [-0.25, -0.2) is 9.97 Å². The third-order valence-electron chi connectivity index (χ3n) is 1.58. The summed E-state index contributed by atoms with van der Waals surface area (Å²) in [7, 11) is 0. The second kappa shape index (κ2) is 3.16. The topological polar surface area (TPSA) is 42.9 Å². The third-order valence-corrected chi connectivity index (χ3v) is 3.12. The van der Waals surface area contributed by atoms with Crippen LogP contribution in [0.3, 0.4) is 0 Å². The average Bonchev–Trinajstić information content (AvgIpc) is 2.42. The van der Waals surface area contributed by atoms with Gasteiger partial charge in [0.05, 0.1) is 9.71 Å². The minimum Gasteiger partial charge on any atom is -0.296 e. The molecule has 0 spiro atoms. The molecule has 5 heteroatoms. The van der Waals surface area contributed by atoms with Crippen molar-refractivity contribution in [2.75, 3.05) is 0 Å². The van der Waals surface area contributed by atoms with Crippen LogP contribution < -0.4 is 0 Å². The zero-order chi connectivity index (χ0) is 9.42. The fourth-order valence-corrected chi connectivity index (χ4v) is 2.42. The van der Waals surface area contributed by atoms with Gasteiger partial charge in [0.15, 0.2) is 11.9 Å². The van der Waals surface area contributed by atoms with Gasteiger partial charge in [-0.3, -0.25) is 4.79 Å². The molecule has 2 rings (SSSR count). The van der Waals surface area contributed by atoms with Gasteiger partial charge in [0.1, 0.15) is 5.69 Å². The van der Waals surface area contributed by atoms with Crippen LogP contribution in [0.5, 0.6) is 0 Å². The molecule has 0 aliphatic heterocycles. The van der Waals surface area contributed by atoms with Gasteiger partial charge in [0.2, 0.25) is 0 Å². The molecule has 0 N–H and O–H groups in total. The first-order chi connectivity index (χ1) is 6.20. The molecule has 0 bridgehead atoms. The summed E-state index contributed by atoms with van der Waals surface area (Å²) in [6.07, 6.45) is 0.720. The quantitative estimate of drug-likeness (QED) is 0.737. The number of aryl methyl sites for hydroxylation is 1. The summed E-state index contributed by atoms with van der Waals surface area (Å²) in [5, 5.41) is 0.956. The first-order valence-corrected chi connectivity index (χ1v) is 5.20. The van der Waals surface area contributed by atoms with E-state index in [0.29, 0.717) is 11.3 Å². The summed E-state index contributed by atoms with van der Waals surface area (Å²) in [6, 6.07) is 1.87. The van der Waals surface area contributed by atoms with Crippen molar-refractivity contribution in [1.82, 2.24) is 9.97 Å². The molecular formula is C8H5BrN2OS. The van der Waals surface area contributed by atoms with E-state index >= 15 is 0 Å². The standard InChI is InChI=1S/C8H5BrN2OS/c1-4-10-8-7(13-4)2-5(9)6(3-12)11-8/h2-3H,1H3. The van der Waals surface area contributed by atoms with Crippen LogP contribution in [0.1, 0.15) is 15.5 Å². The van der Waals surface area contributed by atoms with Gasteiger partial charge < -0.3 is 0 Å². The number of pyridine rings is 1. The number of halogens is 1. The predicted octanol–water partition coefficient (Wildman–Crippen LogP) is 2.57. The molecular weight excluding hydrogens is 252 g/mol. The molecule has 0 amide bonds. The number of rotatable bonds is 1. The van der Waals surface area contributed by atoms with Gasteiger partial charge >= 0.3 is 0 Å². The van der Waals surface area contributed by atoms with E-state index < -0.39 is 0 Å². The Bertz CT molecular complexity index is 480. The molecule has 2 heterocycles. The maximum Gasteiger partial charge on any atom is 0.171 e. The highest BCUT2D eigenvalue weighted by Crippen LogP contribution is 2.24. The monoisotopic (exact) mass is 256 g/mol. The molecule has 2 aromatic rings. The molecule has 0 saturated heterocycles. The average molecular weight is 257 g/mol. The Hall–Kier alpha value is -0.810. The molecule has 0 aliphatic rings. The van der Waals surface area contributed by atoms with Crippen molar-refractivity contribution < 1.29 is 4.79 Å². The van der Waals surface area contributed by atoms with E-state index in [-0.39, 0.29) is 0 Å². The van der Waals surface area contributed by atoms with E-state index in [9.17, 15) is 4.79 Å². The summed E-state index contributed by atoms with van der Waals surface area (Å²) in [4.78, 5) is 18.8.